The van der Waals surface area contributed by atoms with Gasteiger partial charge in [-0.15, -0.1) is 0 Å². The Morgan fingerprint density at radius 3 is 1.65 bits per heavy atom. The fraction of sp³-hybridized carbons (Fsp3) is 0.143. The van der Waals surface area contributed by atoms with Gasteiger partial charge in [0.2, 0.25) is 0 Å². The number of anilines is 2. The summed E-state index contributed by atoms with van der Waals surface area (Å²) in [4.78, 5) is 2.96. The molecule has 1 aromatic heterocycles. The summed E-state index contributed by atoms with van der Waals surface area (Å²) < 4.78 is 0. The molecule has 2 heterocycles. The van der Waals surface area contributed by atoms with Gasteiger partial charge in [-0.2, -0.15) is 0 Å². The van der Waals surface area contributed by atoms with Gasteiger partial charge in [-0.3, -0.25) is 5.32 Å². The highest BCUT2D eigenvalue weighted by molar-refractivity contribution is 6.08. The van der Waals surface area contributed by atoms with Crippen molar-refractivity contribution in [2.75, 3.05) is 11.5 Å². The number of nitrogens with one attached hydrogen (secondary N) is 2. The second-order valence-electron chi connectivity index (χ2n) is 5.30. The van der Waals surface area contributed by atoms with Crippen LogP contribution in [0, 0.1) is 0 Å². The number of benzene rings is 2. The van der Waals surface area contributed by atoms with Crippen LogP contribution in [-0.2, 0) is 0 Å². The van der Waals surface area contributed by atoms with Gasteiger partial charge >= 0.3 is 0 Å². The molecule has 2 unspecified atom stereocenters. The molecule has 3 aromatic rings. The first kappa shape index (κ1) is 11.5. The van der Waals surface area contributed by atoms with E-state index >= 15 is 0 Å². The van der Waals surface area contributed by atoms with E-state index in [-0.39, 0.29) is 12.3 Å². The summed E-state index contributed by atoms with van der Waals surface area (Å²) in [7, 11) is 0. The van der Waals surface area contributed by atoms with Crippen molar-refractivity contribution in [1.29, 1.82) is 0 Å². The summed E-state index contributed by atoms with van der Waals surface area (Å²) in [6.07, 6.45) is -0.456. The molecule has 0 bridgehead atoms. The second-order valence-corrected chi connectivity index (χ2v) is 5.30. The molecule has 1 aliphatic heterocycles. The Hall–Kier alpha value is -2.28. The van der Waals surface area contributed by atoms with Crippen molar-refractivity contribution in [1.82, 2.24) is 10.3 Å². The summed E-state index contributed by atoms with van der Waals surface area (Å²) in [6.45, 7) is 0. The molecule has 2 atom stereocenters. The normalized spacial score (nSPS) is 21.7. The summed E-state index contributed by atoms with van der Waals surface area (Å²) in [5.74, 6) is 1.16. The molecular formula is C14H16N6. The van der Waals surface area contributed by atoms with Gasteiger partial charge in [0, 0.05) is 10.8 Å². The first-order valence-electron chi connectivity index (χ1n) is 6.46. The van der Waals surface area contributed by atoms with Crippen LogP contribution in [-0.4, -0.2) is 4.98 Å². The summed E-state index contributed by atoms with van der Waals surface area (Å²) in [6, 6.07) is 8.20. The molecule has 6 heteroatoms. The fourth-order valence-corrected chi connectivity index (χ4v) is 3.02. The smallest absolute Gasteiger partial charge is 0.110 e. The van der Waals surface area contributed by atoms with Crippen molar-refractivity contribution in [2.45, 2.75) is 12.3 Å². The largest absolute Gasteiger partial charge is 0.385 e. The zero-order valence-electron chi connectivity index (χ0n) is 10.8. The van der Waals surface area contributed by atoms with Crippen LogP contribution in [0.4, 0.5) is 11.6 Å². The lowest BCUT2D eigenvalue weighted by atomic mass is 9.99. The average Bonchev–Trinajstić information content (AvgIpc) is 2.84. The van der Waals surface area contributed by atoms with Crippen LogP contribution in [0.1, 0.15) is 23.5 Å². The number of hydrogen-bond acceptors (Lipinski definition) is 5. The number of H-pyrrole nitrogens is 1. The molecular weight excluding hydrogens is 252 g/mol. The maximum Gasteiger partial charge on any atom is 0.110 e. The molecule has 0 aliphatic carbocycles. The van der Waals surface area contributed by atoms with Crippen LogP contribution in [0.25, 0.3) is 21.5 Å². The standard InChI is InChI=1S/C14H16N6/c15-11-7-1-5-2-9-10(14(18)20-13(9)17)4-6(5)3-8(7)12(16)19-11/h1-4,11-12,19-20H,15-18H2. The molecule has 4 rings (SSSR count). The molecule has 10 N–H and O–H groups in total. The van der Waals surface area contributed by atoms with E-state index in [1.165, 1.54) is 0 Å². The Labute approximate surface area is 115 Å². The highest BCUT2D eigenvalue weighted by Crippen LogP contribution is 2.36. The topological polar surface area (TPSA) is 132 Å². The zero-order chi connectivity index (χ0) is 14.0. The molecule has 0 saturated heterocycles. The second kappa shape index (κ2) is 3.63. The van der Waals surface area contributed by atoms with E-state index in [1.54, 1.807) is 0 Å². The van der Waals surface area contributed by atoms with Gasteiger partial charge in [0.25, 0.3) is 0 Å². The number of nitrogen functional groups attached to an aromatic ring is 2. The Morgan fingerprint density at radius 2 is 1.20 bits per heavy atom. The molecule has 2 aromatic carbocycles. The van der Waals surface area contributed by atoms with Crippen molar-refractivity contribution >= 4 is 33.2 Å². The van der Waals surface area contributed by atoms with Crippen molar-refractivity contribution in [3.05, 3.63) is 35.4 Å². The highest BCUT2D eigenvalue weighted by Gasteiger charge is 2.25. The van der Waals surface area contributed by atoms with Crippen molar-refractivity contribution < 1.29 is 0 Å². The molecule has 0 saturated carbocycles. The molecule has 1 aliphatic rings. The predicted octanol–water partition coefficient (Wildman–Crippen LogP) is 1.00. The van der Waals surface area contributed by atoms with Crippen LogP contribution < -0.4 is 28.3 Å². The molecule has 6 nitrogen and oxygen atoms in total. The lowest BCUT2D eigenvalue weighted by Crippen LogP contribution is -2.28. The maximum absolute atomic E-state index is 6.03. The van der Waals surface area contributed by atoms with E-state index in [1.807, 2.05) is 12.1 Å². The minimum atomic E-state index is -0.228. The SMILES string of the molecule is Nc1[nH]c(N)c2cc3cc4c(cc3cc12)C(N)NC4N. The molecule has 0 fully saturated rings. The highest BCUT2D eigenvalue weighted by atomic mass is 15.1. The number of hydrogen-bond donors (Lipinski definition) is 6. The van der Waals surface area contributed by atoms with Crippen molar-refractivity contribution in [3.63, 3.8) is 0 Å². The van der Waals surface area contributed by atoms with Crippen LogP contribution >= 0.6 is 0 Å². The first-order chi connectivity index (χ1) is 9.54. The zero-order valence-corrected chi connectivity index (χ0v) is 10.8. The van der Waals surface area contributed by atoms with Gasteiger partial charge in [-0.05, 0) is 46.2 Å². The fourth-order valence-electron chi connectivity index (χ4n) is 3.02. The van der Waals surface area contributed by atoms with E-state index in [4.69, 9.17) is 22.9 Å². The van der Waals surface area contributed by atoms with Crippen LogP contribution in [0.15, 0.2) is 24.3 Å². The van der Waals surface area contributed by atoms with Gasteiger partial charge in [0.15, 0.2) is 0 Å². The molecule has 102 valence electrons. The van der Waals surface area contributed by atoms with Crippen LogP contribution in [0.3, 0.4) is 0 Å². The van der Waals surface area contributed by atoms with Crippen LogP contribution in [0.5, 0.6) is 0 Å². The minimum Gasteiger partial charge on any atom is -0.385 e. The molecule has 0 amide bonds. The first-order valence-corrected chi connectivity index (χ1v) is 6.46. The average molecular weight is 268 g/mol. The van der Waals surface area contributed by atoms with Crippen LogP contribution in [0.2, 0.25) is 0 Å². The van der Waals surface area contributed by atoms with Crippen molar-refractivity contribution in [2.24, 2.45) is 11.5 Å². The monoisotopic (exact) mass is 268 g/mol. The van der Waals surface area contributed by atoms with E-state index in [0.717, 1.165) is 32.7 Å². The molecule has 0 spiro atoms. The van der Waals surface area contributed by atoms with Gasteiger partial charge in [0.05, 0.1) is 12.3 Å². The Kier molecular flexibility index (Phi) is 2.10. The summed E-state index contributed by atoms with van der Waals surface area (Å²) in [5.41, 5.74) is 26.0. The van der Waals surface area contributed by atoms with E-state index in [9.17, 15) is 0 Å². The quantitative estimate of drug-likeness (QED) is 0.362. The molecule has 0 radical (unpaired) electrons. The Bertz CT molecular complexity index is 782. The number of nitrogens with two attached hydrogens (primary N) is 4. The Morgan fingerprint density at radius 1 is 0.750 bits per heavy atom. The van der Waals surface area contributed by atoms with Gasteiger partial charge in [0.1, 0.15) is 11.6 Å². The predicted molar refractivity (Wildman–Crippen MR) is 81.6 cm³/mol. The third kappa shape index (κ3) is 1.38. The third-order valence-corrected chi connectivity index (χ3v) is 4.06. The van der Waals surface area contributed by atoms with Gasteiger partial charge < -0.3 is 27.9 Å². The summed E-state index contributed by atoms with van der Waals surface area (Å²) >= 11 is 0. The van der Waals surface area contributed by atoms with Crippen molar-refractivity contribution in [3.8, 4) is 0 Å². The number of aromatic amines is 1. The van der Waals surface area contributed by atoms with E-state index in [2.05, 4.69) is 22.4 Å². The maximum atomic E-state index is 6.03. The van der Waals surface area contributed by atoms with Gasteiger partial charge in [-0.1, -0.05) is 0 Å². The number of fused-ring (bicyclic) bond motifs is 3. The van der Waals surface area contributed by atoms with Gasteiger partial charge in [-0.25, -0.2) is 0 Å². The lowest BCUT2D eigenvalue weighted by molar-refractivity contribution is 0.520. The van der Waals surface area contributed by atoms with E-state index < -0.39 is 0 Å². The van der Waals surface area contributed by atoms with E-state index in [0.29, 0.717) is 11.6 Å². The number of aromatic nitrogens is 1. The number of rotatable bonds is 0. The lowest BCUT2D eigenvalue weighted by Gasteiger charge is -2.07. The third-order valence-electron chi connectivity index (χ3n) is 4.06. The Balaban J connectivity index is 2.09. The molecule has 20 heavy (non-hydrogen) atoms. The minimum absolute atomic E-state index is 0.228. The summed E-state index contributed by atoms with van der Waals surface area (Å²) in [5, 5.41) is 7.13.